The molecule has 0 fully saturated rings. The van der Waals surface area contributed by atoms with Gasteiger partial charge in [0.2, 0.25) is 0 Å². The van der Waals surface area contributed by atoms with E-state index in [2.05, 4.69) is 72.2 Å². The molecule has 2 aromatic carbocycles. The van der Waals surface area contributed by atoms with Crippen molar-refractivity contribution < 1.29 is 4.74 Å². The maximum Gasteiger partial charge on any atom is 0.126 e. The molecule has 0 atom stereocenters. The Morgan fingerprint density at radius 3 is 2.39 bits per heavy atom. The van der Waals surface area contributed by atoms with Crippen LogP contribution < -0.4 is 4.74 Å². The van der Waals surface area contributed by atoms with E-state index in [0.717, 1.165) is 11.1 Å². The Bertz CT molecular complexity index is 517. The molecule has 2 aromatic rings. The summed E-state index contributed by atoms with van der Waals surface area (Å²) in [4.78, 5) is 0. The van der Waals surface area contributed by atoms with Gasteiger partial charge in [0.15, 0.2) is 0 Å². The maximum atomic E-state index is 5.95. The van der Waals surface area contributed by atoms with Gasteiger partial charge in [-0.25, -0.2) is 0 Å². The number of rotatable bonds is 4. The third-order valence-electron chi connectivity index (χ3n) is 2.94. The molecule has 2 rings (SSSR count). The van der Waals surface area contributed by atoms with Crippen molar-refractivity contribution >= 4 is 15.9 Å². The van der Waals surface area contributed by atoms with Gasteiger partial charge >= 0.3 is 0 Å². The molecule has 0 bridgehead atoms. The first-order chi connectivity index (χ1) is 8.70. The van der Waals surface area contributed by atoms with E-state index in [1.807, 2.05) is 0 Å². The van der Waals surface area contributed by atoms with Crippen molar-refractivity contribution in [1.29, 1.82) is 0 Å². The Kier molecular flexibility index (Phi) is 4.43. The Morgan fingerprint density at radius 2 is 1.72 bits per heavy atom. The fraction of sp³-hybridized carbons (Fsp3) is 0.250. The van der Waals surface area contributed by atoms with Crippen molar-refractivity contribution in [3.8, 4) is 5.75 Å². The molecule has 0 aliphatic carbocycles. The minimum absolute atomic E-state index is 0.616. The Hall–Kier alpha value is -1.28. The topological polar surface area (TPSA) is 9.23 Å². The molecule has 18 heavy (non-hydrogen) atoms. The molecule has 0 saturated heterocycles. The van der Waals surface area contributed by atoms with Crippen molar-refractivity contribution in [1.82, 2.24) is 0 Å². The lowest BCUT2D eigenvalue weighted by atomic mass is 10.1. The van der Waals surface area contributed by atoms with Gasteiger partial charge in [0.1, 0.15) is 12.4 Å². The lowest BCUT2D eigenvalue weighted by Gasteiger charge is -2.13. The highest BCUT2D eigenvalue weighted by atomic mass is 79.9. The van der Waals surface area contributed by atoms with Crippen LogP contribution in [0, 0.1) is 13.8 Å². The highest BCUT2D eigenvalue weighted by Crippen LogP contribution is 2.26. The number of aryl methyl sites for hydroxylation is 2. The average molecular weight is 305 g/mol. The largest absolute Gasteiger partial charge is 0.488 e. The SMILES string of the molecule is Cc1ccc(COc2c(C)cccc2CBr)cc1. The standard InChI is InChI=1S/C16H17BrO/c1-12-6-8-14(9-7-12)11-18-16-13(2)4-3-5-15(16)10-17/h3-9H,10-11H2,1-2H3. The molecule has 0 aliphatic rings. The van der Waals surface area contributed by atoms with Crippen LogP contribution in [-0.4, -0.2) is 0 Å². The molecule has 0 amide bonds. The molecule has 0 radical (unpaired) electrons. The van der Waals surface area contributed by atoms with Gasteiger partial charge in [-0.1, -0.05) is 64.0 Å². The summed E-state index contributed by atoms with van der Waals surface area (Å²) in [7, 11) is 0. The smallest absolute Gasteiger partial charge is 0.126 e. The lowest BCUT2D eigenvalue weighted by molar-refractivity contribution is 0.302. The van der Waals surface area contributed by atoms with Crippen LogP contribution in [0.15, 0.2) is 42.5 Å². The van der Waals surface area contributed by atoms with Gasteiger partial charge in [-0.2, -0.15) is 0 Å². The van der Waals surface area contributed by atoms with E-state index in [-0.39, 0.29) is 0 Å². The van der Waals surface area contributed by atoms with Gasteiger partial charge in [0.25, 0.3) is 0 Å². The molecule has 94 valence electrons. The Morgan fingerprint density at radius 1 is 1.00 bits per heavy atom. The Balaban J connectivity index is 2.12. The summed E-state index contributed by atoms with van der Waals surface area (Å²) >= 11 is 3.50. The average Bonchev–Trinajstić information content (AvgIpc) is 2.39. The van der Waals surface area contributed by atoms with E-state index in [9.17, 15) is 0 Å². The van der Waals surface area contributed by atoms with Gasteiger partial charge in [0.05, 0.1) is 0 Å². The fourth-order valence-electron chi connectivity index (χ4n) is 1.86. The molecular weight excluding hydrogens is 288 g/mol. The second-order valence-corrected chi connectivity index (χ2v) is 5.03. The number of benzene rings is 2. The molecule has 0 aliphatic heterocycles. The zero-order valence-electron chi connectivity index (χ0n) is 10.7. The van der Waals surface area contributed by atoms with Crippen LogP contribution in [0.3, 0.4) is 0 Å². The number of halogens is 1. The molecule has 0 spiro atoms. The summed E-state index contributed by atoms with van der Waals surface area (Å²) in [5, 5.41) is 0.817. The van der Waals surface area contributed by atoms with Gasteiger partial charge in [-0.3, -0.25) is 0 Å². The van der Waals surface area contributed by atoms with Crippen LogP contribution in [0.1, 0.15) is 22.3 Å². The maximum absolute atomic E-state index is 5.95. The van der Waals surface area contributed by atoms with E-state index in [0.29, 0.717) is 6.61 Å². The number of alkyl halides is 1. The first-order valence-corrected chi connectivity index (χ1v) is 7.15. The van der Waals surface area contributed by atoms with Crippen LogP contribution in [0.4, 0.5) is 0 Å². The fourth-order valence-corrected chi connectivity index (χ4v) is 2.31. The Labute approximate surface area is 117 Å². The van der Waals surface area contributed by atoms with E-state index in [1.54, 1.807) is 0 Å². The lowest BCUT2D eigenvalue weighted by Crippen LogP contribution is -1.99. The molecule has 2 heteroatoms. The summed E-state index contributed by atoms with van der Waals surface area (Å²) in [6.45, 7) is 4.79. The summed E-state index contributed by atoms with van der Waals surface area (Å²) in [5.74, 6) is 0.995. The van der Waals surface area contributed by atoms with Crippen LogP contribution >= 0.6 is 15.9 Å². The first kappa shape index (κ1) is 13.2. The van der Waals surface area contributed by atoms with Gasteiger partial charge < -0.3 is 4.74 Å². The molecular formula is C16H17BrO. The van der Waals surface area contributed by atoms with Crippen LogP contribution in [0.25, 0.3) is 0 Å². The minimum atomic E-state index is 0.616. The van der Waals surface area contributed by atoms with Gasteiger partial charge in [0, 0.05) is 10.9 Å². The quantitative estimate of drug-likeness (QED) is 0.739. The predicted molar refractivity (Wildman–Crippen MR) is 79.3 cm³/mol. The zero-order valence-corrected chi connectivity index (χ0v) is 12.3. The highest BCUT2D eigenvalue weighted by molar-refractivity contribution is 9.08. The molecule has 0 aromatic heterocycles. The second kappa shape index (κ2) is 6.05. The number of ether oxygens (including phenoxy) is 1. The molecule has 0 saturated carbocycles. The molecule has 1 nitrogen and oxygen atoms in total. The van der Waals surface area contributed by atoms with Crippen molar-refractivity contribution in [2.45, 2.75) is 25.8 Å². The number of para-hydroxylation sites is 1. The van der Waals surface area contributed by atoms with Crippen molar-refractivity contribution in [2.24, 2.45) is 0 Å². The zero-order chi connectivity index (χ0) is 13.0. The normalized spacial score (nSPS) is 10.4. The van der Waals surface area contributed by atoms with Gasteiger partial charge in [-0.05, 0) is 25.0 Å². The van der Waals surface area contributed by atoms with Crippen molar-refractivity contribution in [2.75, 3.05) is 0 Å². The second-order valence-electron chi connectivity index (χ2n) is 4.47. The van der Waals surface area contributed by atoms with Crippen LogP contribution in [-0.2, 0) is 11.9 Å². The summed E-state index contributed by atoms with van der Waals surface area (Å²) in [6.07, 6.45) is 0. The predicted octanol–water partition coefficient (Wildman–Crippen LogP) is 4.78. The molecule has 0 heterocycles. The van der Waals surface area contributed by atoms with Crippen LogP contribution in [0.2, 0.25) is 0 Å². The van der Waals surface area contributed by atoms with E-state index >= 15 is 0 Å². The third-order valence-corrected chi connectivity index (χ3v) is 3.55. The molecule has 0 N–H and O–H groups in total. The highest BCUT2D eigenvalue weighted by Gasteiger charge is 2.06. The van der Waals surface area contributed by atoms with Crippen molar-refractivity contribution in [3.63, 3.8) is 0 Å². The summed E-state index contributed by atoms with van der Waals surface area (Å²) in [5.41, 5.74) is 4.85. The first-order valence-electron chi connectivity index (χ1n) is 6.03. The number of hydrogen-bond acceptors (Lipinski definition) is 1. The summed E-state index contributed by atoms with van der Waals surface area (Å²) in [6, 6.07) is 14.7. The third kappa shape index (κ3) is 3.14. The minimum Gasteiger partial charge on any atom is -0.488 e. The number of hydrogen-bond donors (Lipinski definition) is 0. The van der Waals surface area contributed by atoms with E-state index < -0.39 is 0 Å². The monoisotopic (exact) mass is 304 g/mol. The molecule has 0 unspecified atom stereocenters. The summed E-state index contributed by atoms with van der Waals surface area (Å²) < 4.78 is 5.95. The van der Waals surface area contributed by atoms with E-state index in [1.165, 1.54) is 22.3 Å². The van der Waals surface area contributed by atoms with E-state index in [4.69, 9.17) is 4.74 Å². The van der Waals surface area contributed by atoms with Crippen molar-refractivity contribution in [3.05, 3.63) is 64.7 Å². The van der Waals surface area contributed by atoms with Crippen LogP contribution in [0.5, 0.6) is 5.75 Å². The van der Waals surface area contributed by atoms with Gasteiger partial charge in [-0.15, -0.1) is 0 Å².